The molecule has 0 unspecified atom stereocenters. The van der Waals surface area contributed by atoms with E-state index in [2.05, 4.69) is 48.3 Å². The Morgan fingerprint density at radius 2 is 1.66 bits per heavy atom. The van der Waals surface area contributed by atoms with Gasteiger partial charge >= 0.3 is 0 Å². The lowest BCUT2D eigenvalue weighted by molar-refractivity contribution is -0.116. The molecule has 1 aliphatic rings. The SMILES string of the molecule is CN1CCN(c2ccc(Cl)cc2NC(=O)CCNC(=O)c2ccc(C(C)(C)C)cc2)CC1. The van der Waals surface area contributed by atoms with Crippen molar-refractivity contribution < 1.29 is 9.59 Å². The number of nitrogens with one attached hydrogen (secondary N) is 2. The van der Waals surface area contributed by atoms with Gasteiger partial charge in [-0.1, -0.05) is 44.5 Å². The number of likely N-dealkylation sites (N-methyl/N-ethyl adjacent to an activating group) is 1. The van der Waals surface area contributed by atoms with Gasteiger partial charge in [0, 0.05) is 49.7 Å². The number of nitrogens with zero attached hydrogens (tertiary/aromatic N) is 2. The number of piperazine rings is 1. The maximum absolute atomic E-state index is 12.6. The molecule has 172 valence electrons. The van der Waals surface area contributed by atoms with Crippen LogP contribution in [-0.4, -0.2) is 56.5 Å². The molecule has 1 aliphatic heterocycles. The van der Waals surface area contributed by atoms with Crippen LogP contribution in [0.3, 0.4) is 0 Å². The summed E-state index contributed by atoms with van der Waals surface area (Å²) < 4.78 is 0. The molecule has 1 saturated heterocycles. The van der Waals surface area contributed by atoms with Crippen molar-refractivity contribution in [2.24, 2.45) is 0 Å². The van der Waals surface area contributed by atoms with Crippen LogP contribution in [0.5, 0.6) is 0 Å². The lowest BCUT2D eigenvalue weighted by Crippen LogP contribution is -2.44. The first-order chi connectivity index (χ1) is 15.1. The minimum Gasteiger partial charge on any atom is -0.367 e. The van der Waals surface area contributed by atoms with Crippen LogP contribution in [0, 0.1) is 0 Å². The van der Waals surface area contributed by atoms with Crippen LogP contribution in [0.15, 0.2) is 42.5 Å². The summed E-state index contributed by atoms with van der Waals surface area (Å²) in [6.07, 6.45) is 0.181. The first-order valence-corrected chi connectivity index (χ1v) is 11.4. The summed E-state index contributed by atoms with van der Waals surface area (Å²) in [5.41, 5.74) is 3.47. The van der Waals surface area contributed by atoms with Crippen molar-refractivity contribution in [2.45, 2.75) is 32.6 Å². The summed E-state index contributed by atoms with van der Waals surface area (Å²) in [4.78, 5) is 29.5. The molecule has 0 aliphatic carbocycles. The van der Waals surface area contributed by atoms with Crippen LogP contribution >= 0.6 is 11.6 Å². The Bertz CT molecular complexity index is 945. The van der Waals surface area contributed by atoms with Gasteiger partial charge in [0.2, 0.25) is 5.91 Å². The van der Waals surface area contributed by atoms with E-state index in [0.717, 1.165) is 31.9 Å². The highest BCUT2D eigenvalue weighted by molar-refractivity contribution is 6.31. The van der Waals surface area contributed by atoms with Gasteiger partial charge in [-0.3, -0.25) is 9.59 Å². The molecule has 0 saturated carbocycles. The zero-order valence-corrected chi connectivity index (χ0v) is 20.1. The molecule has 2 aromatic carbocycles. The summed E-state index contributed by atoms with van der Waals surface area (Å²) in [6, 6.07) is 13.2. The van der Waals surface area contributed by atoms with E-state index in [-0.39, 0.29) is 30.2 Å². The fraction of sp³-hybridized carbons (Fsp3) is 0.440. The highest BCUT2D eigenvalue weighted by Gasteiger charge is 2.19. The van der Waals surface area contributed by atoms with E-state index < -0.39 is 0 Å². The van der Waals surface area contributed by atoms with E-state index in [1.807, 2.05) is 36.4 Å². The average molecular weight is 457 g/mol. The molecular weight excluding hydrogens is 424 g/mol. The van der Waals surface area contributed by atoms with Gasteiger partial charge in [0.15, 0.2) is 0 Å². The number of hydrogen-bond donors (Lipinski definition) is 2. The standard InChI is InChI=1S/C25H33ClN4O2/c1-25(2,3)19-7-5-18(6-8-19)24(32)27-12-11-23(31)28-21-17-20(26)9-10-22(21)30-15-13-29(4)14-16-30/h5-10,17H,11-16H2,1-4H3,(H,27,32)(H,28,31). The molecule has 0 radical (unpaired) electrons. The van der Waals surface area contributed by atoms with Crippen molar-refractivity contribution in [1.29, 1.82) is 0 Å². The second-order valence-corrected chi connectivity index (χ2v) is 9.77. The van der Waals surface area contributed by atoms with Crippen LogP contribution in [-0.2, 0) is 10.2 Å². The van der Waals surface area contributed by atoms with Crippen LogP contribution < -0.4 is 15.5 Å². The van der Waals surface area contributed by atoms with Gasteiger partial charge in [0.25, 0.3) is 5.91 Å². The van der Waals surface area contributed by atoms with Crippen molar-refractivity contribution in [2.75, 3.05) is 50.0 Å². The summed E-state index contributed by atoms with van der Waals surface area (Å²) >= 11 is 6.18. The van der Waals surface area contributed by atoms with Gasteiger partial charge in [-0.15, -0.1) is 0 Å². The summed E-state index contributed by atoms with van der Waals surface area (Å²) in [7, 11) is 2.11. The first kappa shape index (κ1) is 24.1. The molecular formula is C25H33ClN4O2. The molecule has 1 fully saturated rings. The molecule has 0 atom stereocenters. The fourth-order valence-corrected chi connectivity index (χ4v) is 3.83. The van der Waals surface area contributed by atoms with Crippen molar-refractivity contribution in [1.82, 2.24) is 10.2 Å². The van der Waals surface area contributed by atoms with Crippen molar-refractivity contribution in [3.63, 3.8) is 0 Å². The van der Waals surface area contributed by atoms with E-state index in [1.165, 1.54) is 5.56 Å². The van der Waals surface area contributed by atoms with Crippen LogP contribution in [0.1, 0.15) is 43.1 Å². The van der Waals surface area contributed by atoms with Crippen molar-refractivity contribution >= 4 is 34.8 Å². The Morgan fingerprint density at radius 1 is 1.00 bits per heavy atom. The Morgan fingerprint density at radius 3 is 2.28 bits per heavy atom. The number of anilines is 2. The quantitative estimate of drug-likeness (QED) is 0.685. The van der Waals surface area contributed by atoms with Crippen molar-refractivity contribution in [3.05, 3.63) is 58.6 Å². The topological polar surface area (TPSA) is 64.7 Å². The third kappa shape index (κ3) is 6.47. The average Bonchev–Trinajstić information content (AvgIpc) is 2.74. The molecule has 2 amide bonds. The Labute approximate surface area is 195 Å². The largest absolute Gasteiger partial charge is 0.367 e. The summed E-state index contributed by atoms with van der Waals surface area (Å²) in [6.45, 7) is 10.4. The lowest BCUT2D eigenvalue weighted by atomic mass is 9.87. The third-order valence-electron chi connectivity index (χ3n) is 5.73. The maximum atomic E-state index is 12.6. The maximum Gasteiger partial charge on any atom is 0.251 e. The number of benzene rings is 2. The molecule has 0 bridgehead atoms. The predicted octanol–water partition coefficient (Wildman–Crippen LogP) is 4.15. The molecule has 3 rings (SSSR count). The Hall–Kier alpha value is -2.57. The zero-order chi connectivity index (χ0) is 23.3. The van der Waals surface area contributed by atoms with Gasteiger partial charge in [-0.25, -0.2) is 0 Å². The van der Waals surface area contributed by atoms with Crippen LogP contribution in [0.4, 0.5) is 11.4 Å². The van der Waals surface area contributed by atoms with Crippen molar-refractivity contribution in [3.8, 4) is 0 Å². The smallest absolute Gasteiger partial charge is 0.251 e. The minimum atomic E-state index is -0.181. The number of amides is 2. The van der Waals surface area contributed by atoms with E-state index in [1.54, 1.807) is 6.07 Å². The van der Waals surface area contributed by atoms with Crippen LogP contribution in [0.25, 0.3) is 0 Å². The molecule has 2 aromatic rings. The van der Waals surface area contributed by atoms with Gasteiger partial charge < -0.3 is 20.4 Å². The third-order valence-corrected chi connectivity index (χ3v) is 5.96. The van der Waals surface area contributed by atoms with E-state index in [0.29, 0.717) is 16.3 Å². The lowest BCUT2D eigenvalue weighted by Gasteiger charge is -2.35. The number of halogens is 1. The normalized spacial score (nSPS) is 14.8. The summed E-state index contributed by atoms with van der Waals surface area (Å²) in [5.74, 6) is -0.342. The van der Waals surface area contributed by atoms with Gasteiger partial charge in [0.1, 0.15) is 0 Å². The van der Waals surface area contributed by atoms with Crippen LogP contribution in [0.2, 0.25) is 5.02 Å². The number of carbonyl (C=O) groups is 2. The van der Waals surface area contributed by atoms with E-state index in [4.69, 9.17) is 11.6 Å². The zero-order valence-electron chi connectivity index (χ0n) is 19.4. The number of carbonyl (C=O) groups excluding carboxylic acids is 2. The monoisotopic (exact) mass is 456 g/mol. The Kier molecular flexibility index (Phi) is 7.80. The molecule has 0 spiro atoms. The fourth-order valence-electron chi connectivity index (χ4n) is 3.66. The molecule has 0 aromatic heterocycles. The first-order valence-electron chi connectivity index (χ1n) is 11.0. The molecule has 6 nitrogen and oxygen atoms in total. The Balaban J connectivity index is 1.54. The second kappa shape index (κ2) is 10.4. The molecule has 2 N–H and O–H groups in total. The molecule has 7 heteroatoms. The summed E-state index contributed by atoms with van der Waals surface area (Å²) in [5, 5.41) is 6.37. The number of hydrogen-bond acceptors (Lipinski definition) is 4. The molecule has 32 heavy (non-hydrogen) atoms. The van der Waals surface area contributed by atoms with E-state index >= 15 is 0 Å². The number of rotatable bonds is 6. The highest BCUT2D eigenvalue weighted by atomic mass is 35.5. The van der Waals surface area contributed by atoms with E-state index in [9.17, 15) is 9.59 Å². The predicted molar refractivity (Wildman–Crippen MR) is 132 cm³/mol. The molecule has 1 heterocycles. The minimum absolute atomic E-state index is 0.0381. The van der Waals surface area contributed by atoms with Gasteiger partial charge in [0.05, 0.1) is 11.4 Å². The van der Waals surface area contributed by atoms with Gasteiger partial charge in [-0.2, -0.15) is 0 Å². The van der Waals surface area contributed by atoms with Gasteiger partial charge in [-0.05, 0) is 48.4 Å². The second-order valence-electron chi connectivity index (χ2n) is 9.33. The highest BCUT2D eigenvalue weighted by Crippen LogP contribution is 2.30.